The molecule has 3 rings (SSSR count). The third-order valence-electron chi connectivity index (χ3n) is 4.90. The Morgan fingerprint density at radius 1 is 1.18 bits per heavy atom. The van der Waals surface area contributed by atoms with Crippen LogP contribution in [0.5, 0.6) is 0 Å². The third-order valence-corrected chi connectivity index (χ3v) is 4.90. The van der Waals surface area contributed by atoms with E-state index >= 15 is 0 Å². The van der Waals surface area contributed by atoms with Crippen molar-refractivity contribution in [2.75, 3.05) is 6.54 Å². The highest BCUT2D eigenvalue weighted by molar-refractivity contribution is 5.85. The molecule has 0 radical (unpaired) electrons. The normalized spacial score (nSPS) is 26.3. The van der Waals surface area contributed by atoms with Crippen molar-refractivity contribution in [1.82, 2.24) is 10.6 Å². The summed E-state index contributed by atoms with van der Waals surface area (Å²) in [6.45, 7) is 2.84. The van der Waals surface area contributed by atoms with Gasteiger partial charge in [0.15, 0.2) is 0 Å². The van der Waals surface area contributed by atoms with Gasteiger partial charge in [0.25, 0.3) is 0 Å². The lowest BCUT2D eigenvalue weighted by atomic mass is 9.89. The molecule has 2 atom stereocenters. The van der Waals surface area contributed by atoms with Crippen molar-refractivity contribution < 1.29 is 4.79 Å². The summed E-state index contributed by atoms with van der Waals surface area (Å²) in [7, 11) is 0. The summed E-state index contributed by atoms with van der Waals surface area (Å²) in [6, 6.07) is 9.89. The molecule has 1 amide bonds. The van der Waals surface area contributed by atoms with E-state index in [-0.39, 0.29) is 18.3 Å². The number of carbonyl (C=O) groups is 1. The Morgan fingerprint density at radius 2 is 1.82 bits per heavy atom. The van der Waals surface area contributed by atoms with E-state index in [0.717, 1.165) is 13.0 Å². The second-order valence-electron chi connectivity index (χ2n) is 6.76. The molecule has 1 aromatic carbocycles. The van der Waals surface area contributed by atoms with Crippen molar-refractivity contribution in [2.24, 2.45) is 5.92 Å². The number of fused-ring (bicyclic) bond motifs is 2. The Labute approximate surface area is 139 Å². The number of piperidine rings is 1. The van der Waals surface area contributed by atoms with E-state index < -0.39 is 0 Å². The Kier molecular flexibility index (Phi) is 6.27. The SMILES string of the molecule is Cc1ccc(CCNC(=O)CC2CC3CCC(C2)N3)cc1.Cl. The number of nitrogens with one attached hydrogen (secondary N) is 2. The van der Waals surface area contributed by atoms with Gasteiger partial charge >= 0.3 is 0 Å². The van der Waals surface area contributed by atoms with Gasteiger partial charge in [-0.05, 0) is 50.5 Å². The highest BCUT2D eigenvalue weighted by atomic mass is 35.5. The van der Waals surface area contributed by atoms with Gasteiger partial charge in [-0.3, -0.25) is 4.79 Å². The summed E-state index contributed by atoms with van der Waals surface area (Å²) in [5.74, 6) is 0.816. The highest BCUT2D eigenvalue weighted by Crippen LogP contribution is 2.32. The third kappa shape index (κ3) is 4.72. The molecule has 2 unspecified atom stereocenters. The zero-order valence-electron chi connectivity index (χ0n) is 13.3. The summed E-state index contributed by atoms with van der Waals surface area (Å²) < 4.78 is 0. The van der Waals surface area contributed by atoms with Crippen LogP contribution in [0.1, 0.15) is 43.2 Å². The van der Waals surface area contributed by atoms with Gasteiger partial charge < -0.3 is 10.6 Å². The minimum Gasteiger partial charge on any atom is -0.356 e. The first kappa shape index (κ1) is 17.3. The van der Waals surface area contributed by atoms with Crippen molar-refractivity contribution >= 4 is 18.3 Å². The van der Waals surface area contributed by atoms with Gasteiger partial charge in [0.1, 0.15) is 0 Å². The van der Waals surface area contributed by atoms with Crippen molar-refractivity contribution in [3.63, 3.8) is 0 Å². The number of amides is 1. The van der Waals surface area contributed by atoms with Crippen LogP contribution in [0.2, 0.25) is 0 Å². The lowest BCUT2D eigenvalue weighted by Crippen LogP contribution is -2.39. The molecular formula is C18H27ClN2O. The van der Waals surface area contributed by atoms with Gasteiger partial charge in [-0.15, -0.1) is 12.4 Å². The summed E-state index contributed by atoms with van der Waals surface area (Å²) in [5.41, 5.74) is 2.57. The zero-order valence-corrected chi connectivity index (χ0v) is 14.1. The fraction of sp³-hybridized carbons (Fsp3) is 0.611. The van der Waals surface area contributed by atoms with E-state index in [1.165, 1.54) is 36.8 Å². The van der Waals surface area contributed by atoms with E-state index in [1.807, 2.05) is 0 Å². The molecule has 2 saturated heterocycles. The van der Waals surface area contributed by atoms with Crippen LogP contribution >= 0.6 is 12.4 Å². The van der Waals surface area contributed by atoms with Crippen LogP contribution in [0.3, 0.4) is 0 Å². The molecule has 0 spiro atoms. The van der Waals surface area contributed by atoms with E-state index in [1.54, 1.807) is 0 Å². The Balaban J connectivity index is 0.00000176. The van der Waals surface area contributed by atoms with Gasteiger partial charge in [0.2, 0.25) is 5.91 Å². The van der Waals surface area contributed by atoms with Crippen molar-refractivity contribution in [1.29, 1.82) is 0 Å². The molecule has 2 heterocycles. The maximum absolute atomic E-state index is 12.1. The number of halogens is 1. The van der Waals surface area contributed by atoms with Gasteiger partial charge in [-0.25, -0.2) is 0 Å². The lowest BCUT2D eigenvalue weighted by Gasteiger charge is -2.28. The first-order valence-corrected chi connectivity index (χ1v) is 8.27. The minimum atomic E-state index is 0. The molecule has 2 aliphatic heterocycles. The van der Waals surface area contributed by atoms with Crippen molar-refractivity contribution in [3.8, 4) is 0 Å². The van der Waals surface area contributed by atoms with Crippen LogP contribution < -0.4 is 10.6 Å². The second-order valence-corrected chi connectivity index (χ2v) is 6.76. The monoisotopic (exact) mass is 322 g/mol. The largest absolute Gasteiger partial charge is 0.356 e. The number of carbonyl (C=O) groups excluding carboxylic acids is 1. The molecule has 2 bridgehead atoms. The predicted octanol–water partition coefficient (Wildman–Crippen LogP) is 3.00. The fourth-order valence-corrected chi connectivity index (χ4v) is 3.78. The van der Waals surface area contributed by atoms with Gasteiger partial charge in [-0.1, -0.05) is 29.8 Å². The molecule has 0 saturated carbocycles. The zero-order chi connectivity index (χ0) is 14.7. The van der Waals surface area contributed by atoms with Gasteiger partial charge in [0.05, 0.1) is 0 Å². The maximum Gasteiger partial charge on any atom is 0.220 e. The first-order chi connectivity index (χ1) is 10.2. The molecule has 122 valence electrons. The molecule has 4 heteroatoms. The van der Waals surface area contributed by atoms with Crippen molar-refractivity contribution in [3.05, 3.63) is 35.4 Å². The Hall–Kier alpha value is -1.06. The first-order valence-electron chi connectivity index (χ1n) is 8.27. The average molecular weight is 323 g/mol. The predicted molar refractivity (Wildman–Crippen MR) is 92.4 cm³/mol. The standard InChI is InChI=1S/C18H26N2O.ClH/c1-13-2-4-14(5-3-13)8-9-19-18(21)12-15-10-16-6-7-17(11-15)20-16;/h2-5,15-17,20H,6-12H2,1H3,(H,19,21);1H. The number of aryl methyl sites for hydroxylation is 1. The van der Waals surface area contributed by atoms with Crippen LogP contribution in [0.4, 0.5) is 0 Å². The quantitative estimate of drug-likeness (QED) is 0.875. The van der Waals surface area contributed by atoms with E-state index in [9.17, 15) is 4.79 Å². The molecule has 2 aliphatic rings. The smallest absolute Gasteiger partial charge is 0.220 e. The summed E-state index contributed by atoms with van der Waals surface area (Å²) >= 11 is 0. The Bertz CT molecular complexity index is 476. The molecule has 2 N–H and O–H groups in total. The summed E-state index contributed by atoms with van der Waals surface area (Å²) in [5, 5.41) is 6.71. The topological polar surface area (TPSA) is 41.1 Å². The number of benzene rings is 1. The fourth-order valence-electron chi connectivity index (χ4n) is 3.78. The molecule has 1 aromatic rings. The minimum absolute atomic E-state index is 0. The van der Waals surface area contributed by atoms with Crippen molar-refractivity contribution in [2.45, 2.75) is 57.5 Å². The van der Waals surface area contributed by atoms with Gasteiger partial charge in [-0.2, -0.15) is 0 Å². The molecule has 22 heavy (non-hydrogen) atoms. The maximum atomic E-state index is 12.1. The summed E-state index contributed by atoms with van der Waals surface area (Å²) in [6.07, 6.45) is 6.60. The van der Waals surface area contributed by atoms with E-state index in [2.05, 4.69) is 41.8 Å². The number of hydrogen-bond acceptors (Lipinski definition) is 2. The summed E-state index contributed by atoms with van der Waals surface area (Å²) in [4.78, 5) is 12.1. The van der Waals surface area contributed by atoms with Crippen LogP contribution in [0.25, 0.3) is 0 Å². The lowest BCUT2D eigenvalue weighted by molar-refractivity contribution is -0.122. The average Bonchev–Trinajstić information content (AvgIpc) is 2.80. The van der Waals surface area contributed by atoms with Gasteiger partial charge in [0, 0.05) is 25.0 Å². The second kappa shape index (κ2) is 7.98. The van der Waals surface area contributed by atoms with Crippen LogP contribution in [0, 0.1) is 12.8 Å². The molecule has 0 aromatic heterocycles. The number of rotatable bonds is 5. The highest BCUT2D eigenvalue weighted by Gasteiger charge is 2.33. The van der Waals surface area contributed by atoms with Crippen LogP contribution in [-0.4, -0.2) is 24.5 Å². The molecule has 3 nitrogen and oxygen atoms in total. The van der Waals surface area contributed by atoms with Crippen LogP contribution in [-0.2, 0) is 11.2 Å². The van der Waals surface area contributed by atoms with E-state index in [4.69, 9.17) is 0 Å². The molecule has 2 fully saturated rings. The molecule has 0 aliphatic carbocycles. The molecular weight excluding hydrogens is 296 g/mol. The van der Waals surface area contributed by atoms with Crippen LogP contribution in [0.15, 0.2) is 24.3 Å². The number of hydrogen-bond donors (Lipinski definition) is 2. The Morgan fingerprint density at radius 3 is 2.45 bits per heavy atom. The van der Waals surface area contributed by atoms with E-state index in [0.29, 0.717) is 24.4 Å².